The molecule has 262 valence electrons. The van der Waals surface area contributed by atoms with Crippen LogP contribution in [0.15, 0.2) is 115 Å². The van der Waals surface area contributed by atoms with E-state index in [1.807, 2.05) is 83.6 Å². The number of nitrogens with zero attached hydrogens (tertiary/aromatic N) is 4. The largest absolute Gasteiger partial charge is 0.497 e. The van der Waals surface area contributed by atoms with Crippen molar-refractivity contribution in [2.24, 2.45) is 0 Å². The number of aryl methyl sites for hydroxylation is 2. The van der Waals surface area contributed by atoms with Crippen LogP contribution in [0, 0.1) is 11.3 Å². The van der Waals surface area contributed by atoms with Crippen molar-refractivity contribution >= 4 is 28.9 Å². The number of carbonyl (C=O) groups is 2. The topological polar surface area (TPSA) is 144 Å². The molecule has 0 spiro atoms. The molecule has 0 radical (unpaired) electrons. The summed E-state index contributed by atoms with van der Waals surface area (Å²) in [5.41, 5.74) is 4.48. The van der Waals surface area contributed by atoms with Crippen LogP contribution in [-0.4, -0.2) is 52.5 Å². The fourth-order valence-corrected chi connectivity index (χ4v) is 5.95. The zero-order valence-corrected chi connectivity index (χ0v) is 28.9. The fourth-order valence-electron chi connectivity index (χ4n) is 5.95. The number of methoxy groups -OCH3 is 2. The van der Waals surface area contributed by atoms with Gasteiger partial charge in [0.1, 0.15) is 29.0 Å². The second kappa shape index (κ2) is 16.8. The summed E-state index contributed by atoms with van der Waals surface area (Å²) in [6.07, 6.45) is 5.08. The number of hydrogen-bond acceptors (Lipinski definition) is 8. The summed E-state index contributed by atoms with van der Waals surface area (Å²) in [6.45, 7) is -0.147. The first kappa shape index (κ1) is 35.2. The lowest BCUT2D eigenvalue weighted by molar-refractivity contribution is -0.144. The highest BCUT2D eigenvalue weighted by atomic mass is 16.5. The standard InChI is InChI=1S/C41H38N6O5/c1-50-33-17-12-29(13-18-33)22-31(24-42)41(49)52-27-39(48)44-37(23-32-25-43-36-11-7-6-10-35(32)36)40-46-45-38(21-16-28-8-4-3-5-9-28)47(40)26-30-14-19-34(51-2)20-15-30/h3-15,17-20,22,25,37,43H,16,21,23,26-27H2,1-2H3,(H,44,48)/b31-22+/t37-/m1/s1. The molecule has 6 rings (SSSR count). The third-order valence-corrected chi connectivity index (χ3v) is 8.68. The molecule has 11 heteroatoms. The molecule has 0 aliphatic carbocycles. The van der Waals surface area contributed by atoms with Gasteiger partial charge in [-0.1, -0.05) is 72.8 Å². The highest BCUT2D eigenvalue weighted by molar-refractivity contribution is 5.98. The maximum atomic E-state index is 13.5. The minimum atomic E-state index is -0.910. The van der Waals surface area contributed by atoms with Gasteiger partial charge in [0.15, 0.2) is 12.4 Å². The van der Waals surface area contributed by atoms with Crippen molar-refractivity contribution in [3.63, 3.8) is 0 Å². The van der Waals surface area contributed by atoms with E-state index in [0.29, 0.717) is 36.5 Å². The molecule has 4 aromatic carbocycles. The summed E-state index contributed by atoms with van der Waals surface area (Å²) in [7, 11) is 3.18. The van der Waals surface area contributed by atoms with Gasteiger partial charge >= 0.3 is 5.97 Å². The van der Waals surface area contributed by atoms with Crippen molar-refractivity contribution in [3.05, 3.63) is 149 Å². The van der Waals surface area contributed by atoms with Crippen molar-refractivity contribution in [1.82, 2.24) is 25.1 Å². The van der Waals surface area contributed by atoms with E-state index in [9.17, 15) is 14.9 Å². The van der Waals surface area contributed by atoms with Crippen LogP contribution < -0.4 is 14.8 Å². The van der Waals surface area contributed by atoms with Gasteiger partial charge in [-0.15, -0.1) is 10.2 Å². The molecule has 0 bridgehead atoms. The normalized spacial score (nSPS) is 11.8. The first-order chi connectivity index (χ1) is 25.4. The Labute approximate surface area is 301 Å². The molecular formula is C41H38N6O5. The van der Waals surface area contributed by atoms with E-state index >= 15 is 0 Å². The number of rotatable bonds is 15. The smallest absolute Gasteiger partial charge is 0.349 e. The lowest BCUT2D eigenvalue weighted by Crippen LogP contribution is -2.35. The molecule has 0 unspecified atom stereocenters. The number of nitriles is 1. The van der Waals surface area contributed by atoms with E-state index in [1.54, 1.807) is 38.5 Å². The number of ether oxygens (including phenoxy) is 3. The van der Waals surface area contributed by atoms with E-state index in [2.05, 4.69) is 32.6 Å². The molecule has 1 amide bonds. The lowest BCUT2D eigenvalue weighted by Gasteiger charge is -2.20. The van der Waals surface area contributed by atoms with Crippen LogP contribution in [-0.2, 0) is 40.1 Å². The first-order valence-electron chi connectivity index (χ1n) is 16.8. The van der Waals surface area contributed by atoms with E-state index in [0.717, 1.165) is 40.0 Å². The fraction of sp³-hybridized carbons (Fsp3) is 0.195. The van der Waals surface area contributed by atoms with Gasteiger partial charge in [-0.25, -0.2) is 4.79 Å². The average Bonchev–Trinajstić information content (AvgIpc) is 3.79. The summed E-state index contributed by atoms with van der Waals surface area (Å²) in [5.74, 6) is 1.24. The number of benzene rings is 4. The molecule has 2 heterocycles. The molecule has 52 heavy (non-hydrogen) atoms. The third-order valence-electron chi connectivity index (χ3n) is 8.68. The Morgan fingerprint density at radius 3 is 2.27 bits per heavy atom. The summed E-state index contributed by atoms with van der Waals surface area (Å²) < 4.78 is 17.9. The Morgan fingerprint density at radius 2 is 1.56 bits per heavy atom. The van der Waals surface area contributed by atoms with Gasteiger partial charge in [0.25, 0.3) is 5.91 Å². The molecular weight excluding hydrogens is 656 g/mol. The minimum Gasteiger partial charge on any atom is -0.497 e. The molecule has 0 saturated carbocycles. The Kier molecular flexibility index (Phi) is 11.4. The van der Waals surface area contributed by atoms with Crippen LogP contribution in [0.5, 0.6) is 11.5 Å². The van der Waals surface area contributed by atoms with Crippen LogP contribution in [0.3, 0.4) is 0 Å². The van der Waals surface area contributed by atoms with Crippen molar-refractivity contribution < 1.29 is 23.8 Å². The van der Waals surface area contributed by atoms with Crippen LogP contribution in [0.2, 0.25) is 0 Å². The number of esters is 1. The van der Waals surface area contributed by atoms with Gasteiger partial charge in [0.05, 0.1) is 26.8 Å². The summed E-state index contributed by atoms with van der Waals surface area (Å²) in [4.78, 5) is 29.8. The monoisotopic (exact) mass is 694 g/mol. The predicted molar refractivity (Wildman–Crippen MR) is 196 cm³/mol. The highest BCUT2D eigenvalue weighted by Gasteiger charge is 2.26. The summed E-state index contributed by atoms with van der Waals surface area (Å²) in [6, 6.07) is 34.0. The van der Waals surface area contributed by atoms with E-state index in [1.165, 1.54) is 11.6 Å². The molecule has 0 saturated heterocycles. The number of amides is 1. The Balaban J connectivity index is 1.27. The van der Waals surface area contributed by atoms with E-state index in [-0.39, 0.29) is 5.57 Å². The second-order valence-corrected chi connectivity index (χ2v) is 12.1. The van der Waals surface area contributed by atoms with Crippen LogP contribution >= 0.6 is 0 Å². The number of aromatic nitrogens is 4. The minimum absolute atomic E-state index is 0.240. The Bertz CT molecular complexity index is 2200. The average molecular weight is 695 g/mol. The predicted octanol–water partition coefficient (Wildman–Crippen LogP) is 6.16. The van der Waals surface area contributed by atoms with Crippen LogP contribution in [0.1, 0.15) is 39.9 Å². The second-order valence-electron chi connectivity index (χ2n) is 12.1. The third kappa shape index (κ3) is 8.73. The van der Waals surface area contributed by atoms with Crippen molar-refractivity contribution in [2.45, 2.75) is 31.8 Å². The zero-order chi connectivity index (χ0) is 36.3. The molecule has 0 fully saturated rings. The maximum Gasteiger partial charge on any atom is 0.349 e. The number of para-hydroxylation sites is 1. The first-order valence-corrected chi connectivity index (χ1v) is 16.8. The Morgan fingerprint density at radius 1 is 0.865 bits per heavy atom. The SMILES string of the molecule is COc1ccc(/C=C(\C#N)C(=O)OCC(=O)N[C@H](Cc2c[nH]c3ccccc23)c2nnc(CCc3ccccc3)n2Cc2ccc(OC)cc2)cc1. The van der Waals surface area contributed by atoms with Gasteiger partial charge in [0, 0.05) is 29.9 Å². The van der Waals surface area contributed by atoms with E-state index in [4.69, 9.17) is 14.2 Å². The molecule has 1 atom stereocenters. The summed E-state index contributed by atoms with van der Waals surface area (Å²) in [5, 5.41) is 23.0. The van der Waals surface area contributed by atoms with Gasteiger partial charge < -0.3 is 29.1 Å². The molecule has 11 nitrogen and oxygen atoms in total. The van der Waals surface area contributed by atoms with Gasteiger partial charge in [-0.05, 0) is 65.1 Å². The number of fused-ring (bicyclic) bond motifs is 1. The van der Waals surface area contributed by atoms with Crippen molar-refractivity contribution in [3.8, 4) is 17.6 Å². The maximum absolute atomic E-state index is 13.5. The number of aromatic amines is 1. The quantitative estimate of drug-likeness (QED) is 0.0739. The zero-order valence-electron chi connectivity index (χ0n) is 28.9. The molecule has 0 aliphatic heterocycles. The number of H-pyrrole nitrogens is 1. The summed E-state index contributed by atoms with van der Waals surface area (Å²) >= 11 is 0. The lowest BCUT2D eigenvalue weighted by atomic mass is 10.0. The highest BCUT2D eigenvalue weighted by Crippen LogP contribution is 2.26. The molecule has 0 aliphatic rings. The van der Waals surface area contributed by atoms with Crippen molar-refractivity contribution in [2.75, 3.05) is 20.8 Å². The molecule has 2 N–H and O–H groups in total. The van der Waals surface area contributed by atoms with Gasteiger partial charge in [-0.2, -0.15) is 5.26 Å². The van der Waals surface area contributed by atoms with E-state index < -0.39 is 24.5 Å². The number of carbonyl (C=O) groups excluding carboxylic acids is 2. The van der Waals surface area contributed by atoms with Crippen molar-refractivity contribution in [1.29, 1.82) is 5.26 Å². The van der Waals surface area contributed by atoms with Gasteiger partial charge in [0.2, 0.25) is 0 Å². The number of hydrogen-bond donors (Lipinski definition) is 2. The molecule has 2 aromatic heterocycles. The van der Waals surface area contributed by atoms with Gasteiger partial charge in [-0.3, -0.25) is 4.79 Å². The van der Waals surface area contributed by atoms with Crippen LogP contribution in [0.25, 0.3) is 17.0 Å². The Hall–Kier alpha value is -6.67. The number of nitrogens with one attached hydrogen (secondary N) is 2. The molecule has 6 aromatic rings. The van der Waals surface area contributed by atoms with Crippen LogP contribution in [0.4, 0.5) is 0 Å².